The zero-order valence-electron chi connectivity index (χ0n) is 12.0. The minimum Gasteiger partial charge on any atom is -0.365 e. The summed E-state index contributed by atoms with van der Waals surface area (Å²) in [5.41, 5.74) is 1.64. The largest absolute Gasteiger partial charge is 0.365 e. The van der Waals surface area contributed by atoms with Crippen molar-refractivity contribution in [3.8, 4) is 0 Å². The van der Waals surface area contributed by atoms with Gasteiger partial charge in [-0.15, -0.1) is 11.3 Å². The second kappa shape index (κ2) is 4.31. The molecule has 1 aliphatic carbocycles. The normalized spacial score (nSPS) is 46.2. The molecule has 20 heavy (non-hydrogen) atoms. The fourth-order valence-corrected chi connectivity index (χ4v) is 6.45. The van der Waals surface area contributed by atoms with Crippen molar-refractivity contribution in [2.45, 2.75) is 56.1 Å². The standard InChI is InChI=1S/C17H23NOS/c1-2-4-15-13(3-1)16-14(7-10-20-16)17(19-15)11-18-8-5-12(17)6-9-18/h7,10,12-13,15H,1-6,8-9,11H2. The molecule has 5 heterocycles. The summed E-state index contributed by atoms with van der Waals surface area (Å²) < 4.78 is 6.90. The molecule has 108 valence electrons. The zero-order chi connectivity index (χ0) is 13.2. The van der Waals surface area contributed by atoms with Crippen LogP contribution in [0.4, 0.5) is 0 Å². The molecule has 1 aromatic rings. The molecule has 2 nitrogen and oxygen atoms in total. The molecule has 2 bridgehead atoms. The zero-order valence-corrected chi connectivity index (χ0v) is 12.8. The van der Waals surface area contributed by atoms with Crippen LogP contribution in [0.5, 0.6) is 0 Å². The predicted molar refractivity (Wildman–Crippen MR) is 81.2 cm³/mol. The number of ether oxygens (including phenoxy) is 1. The van der Waals surface area contributed by atoms with E-state index in [0.29, 0.717) is 12.0 Å². The summed E-state index contributed by atoms with van der Waals surface area (Å²) in [6.45, 7) is 3.75. The fourth-order valence-electron chi connectivity index (χ4n) is 5.29. The lowest BCUT2D eigenvalue weighted by molar-refractivity contribution is -0.206. The van der Waals surface area contributed by atoms with Gasteiger partial charge in [0.05, 0.1) is 6.10 Å². The minimum absolute atomic E-state index is 0.0599. The van der Waals surface area contributed by atoms with Gasteiger partial charge in [0.1, 0.15) is 5.60 Å². The summed E-state index contributed by atoms with van der Waals surface area (Å²) >= 11 is 2.01. The highest BCUT2D eigenvalue weighted by molar-refractivity contribution is 7.10. The first-order valence-electron chi connectivity index (χ1n) is 8.35. The molecule has 4 fully saturated rings. The van der Waals surface area contributed by atoms with Crippen LogP contribution >= 0.6 is 11.3 Å². The van der Waals surface area contributed by atoms with Crippen molar-refractivity contribution in [1.29, 1.82) is 0 Å². The summed E-state index contributed by atoms with van der Waals surface area (Å²) in [6, 6.07) is 2.40. The van der Waals surface area contributed by atoms with Gasteiger partial charge in [-0.25, -0.2) is 0 Å². The topological polar surface area (TPSA) is 12.5 Å². The van der Waals surface area contributed by atoms with Crippen molar-refractivity contribution < 1.29 is 4.74 Å². The van der Waals surface area contributed by atoms with Crippen LogP contribution < -0.4 is 0 Å². The van der Waals surface area contributed by atoms with E-state index < -0.39 is 0 Å². The summed E-state index contributed by atoms with van der Waals surface area (Å²) in [5, 5.41) is 2.32. The van der Waals surface area contributed by atoms with Crippen molar-refractivity contribution in [2.75, 3.05) is 19.6 Å². The number of rotatable bonds is 0. The maximum atomic E-state index is 6.90. The minimum atomic E-state index is 0.0599. The molecule has 0 radical (unpaired) electrons. The second-order valence-electron chi connectivity index (χ2n) is 7.19. The van der Waals surface area contributed by atoms with Crippen molar-refractivity contribution in [1.82, 2.24) is 4.90 Å². The lowest BCUT2D eigenvalue weighted by atomic mass is 9.67. The van der Waals surface area contributed by atoms with Crippen LogP contribution in [0.3, 0.4) is 0 Å². The number of fused-ring (bicyclic) bond motifs is 5. The quantitative estimate of drug-likeness (QED) is 0.721. The third-order valence-corrected chi connectivity index (χ3v) is 7.31. The fraction of sp³-hybridized carbons (Fsp3) is 0.765. The van der Waals surface area contributed by atoms with Gasteiger partial charge in [0.2, 0.25) is 0 Å². The van der Waals surface area contributed by atoms with Crippen LogP contribution in [-0.2, 0) is 10.3 Å². The van der Waals surface area contributed by atoms with Gasteiger partial charge in [-0.3, -0.25) is 0 Å². The van der Waals surface area contributed by atoms with E-state index in [1.165, 1.54) is 51.6 Å². The first-order chi connectivity index (χ1) is 9.87. The molecule has 3 saturated heterocycles. The summed E-state index contributed by atoms with van der Waals surface area (Å²) in [6.07, 6.45) is 8.59. The van der Waals surface area contributed by atoms with Gasteiger partial charge in [-0.2, -0.15) is 0 Å². The Morgan fingerprint density at radius 2 is 2.00 bits per heavy atom. The Kier molecular flexibility index (Phi) is 2.63. The lowest BCUT2D eigenvalue weighted by Crippen LogP contribution is -2.61. The molecule has 1 saturated carbocycles. The average molecular weight is 289 g/mol. The van der Waals surface area contributed by atoms with Gasteiger partial charge in [-0.1, -0.05) is 12.8 Å². The van der Waals surface area contributed by atoms with Crippen molar-refractivity contribution in [2.24, 2.45) is 5.92 Å². The third-order valence-electron chi connectivity index (χ3n) is 6.26. The number of hydrogen-bond acceptors (Lipinski definition) is 3. The maximum Gasteiger partial charge on any atom is 0.110 e. The predicted octanol–water partition coefficient (Wildman–Crippen LogP) is 3.73. The molecule has 3 atom stereocenters. The van der Waals surface area contributed by atoms with E-state index in [1.807, 2.05) is 11.3 Å². The van der Waals surface area contributed by atoms with Crippen molar-refractivity contribution >= 4 is 11.3 Å². The molecule has 3 unspecified atom stereocenters. The average Bonchev–Trinajstić information content (AvgIpc) is 2.99. The van der Waals surface area contributed by atoms with Crippen LogP contribution in [0.1, 0.15) is 54.9 Å². The SMILES string of the molecule is c1cc2c(s1)C1CCCCC1OC21CN2CCC1CC2. The summed E-state index contributed by atoms with van der Waals surface area (Å²) in [7, 11) is 0. The van der Waals surface area contributed by atoms with Crippen molar-refractivity contribution in [3.63, 3.8) is 0 Å². The molecule has 1 aromatic heterocycles. The molecule has 0 aromatic carbocycles. The Morgan fingerprint density at radius 1 is 1.15 bits per heavy atom. The second-order valence-corrected chi connectivity index (χ2v) is 8.13. The van der Waals surface area contributed by atoms with Crippen LogP contribution in [0.2, 0.25) is 0 Å². The highest BCUT2D eigenvalue weighted by Gasteiger charge is 2.55. The van der Waals surface area contributed by atoms with Gasteiger partial charge in [0.25, 0.3) is 0 Å². The Hall–Kier alpha value is -0.380. The Morgan fingerprint density at radius 3 is 2.80 bits per heavy atom. The van der Waals surface area contributed by atoms with E-state index in [9.17, 15) is 0 Å². The molecule has 0 N–H and O–H groups in total. The summed E-state index contributed by atoms with van der Waals surface area (Å²) in [4.78, 5) is 4.33. The van der Waals surface area contributed by atoms with E-state index in [0.717, 1.165) is 12.5 Å². The number of piperidine rings is 3. The molecule has 3 heteroatoms. The van der Waals surface area contributed by atoms with E-state index >= 15 is 0 Å². The van der Waals surface area contributed by atoms with E-state index in [2.05, 4.69) is 16.3 Å². The first kappa shape index (κ1) is 12.2. The van der Waals surface area contributed by atoms with E-state index in [1.54, 1.807) is 10.4 Å². The van der Waals surface area contributed by atoms with Crippen LogP contribution in [0, 0.1) is 5.92 Å². The first-order valence-corrected chi connectivity index (χ1v) is 9.23. The monoisotopic (exact) mass is 289 g/mol. The maximum absolute atomic E-state index is 6.90. The number of hydrogen-bond donors (Lipinski definition) is 0. The smallest absolute Gasteiger partial charge is 0.110 e. The molecule has 6 rings (SSSR count). The van der Waals surface area contributed by atoms with Gasteiger partial charge in [0.15, 0.2) is 0 Å². The molecule has 1 spiro atoms. The van der Waals surface area contributed by atoms with Gasteiger partial charge < -0.3 is 9.64 Å². The van der Waals surface area contributed by atoms with Crippen molar-refractivity contribution in [3.05, 3.63) is 21.9 Å². The Bertz CT molecular complexity index is 519. The van der Waals surface area contributed by atoms with E-state index in [-0.39, 0.29) is 5.60 Å². The van der Waals surface area contributed by atoms with Gasteiger partial charge in [0, 0.05) is 17.3 Å². The van der Waals surface area contributed by atoms with Gasteiger partial charge in [-0.05, 0) is 61.7 Å². The molecular formula is C17H23NOS. The number of thiophene rings is 1. The Balaban J connectivity index is 1.63. The highest BCUT2D eigenvalue weighted by atomic mass is 32.1. The summed E-state index contributed by atoms with van der Waals surface area (Å²) in [5.74, 6) is 1.48. The number of nitrogens with zero attached hydrogens (tertiary/aromatic N) is 1. The van der Waals surface area contributed by atoms with E-state index in [4.69, 9.17) is 4.74 Å². The van der Waals surface area contributed by atoms with Crippen LogP contribution in [0.25, 0.3) is 0 Å². The molecule has 5 aliphatic rings. The lowest BCUT2D eigenvalue weighted by Gasteiger charge is -2.57. The molecular weight excluding hydrogens is 266 g/mol. The van der Waals surface area contributed by atoms with Gasteiger partial charge >= 0.3 is 0 Å². The Labute approximate surface area is 125 Å². The van der Waals surface area contributed by atoms with Crippen LogP contribution in [0.15, 0.2) is 11.4 Å². The third kappa shape index (κ3) is 1.52. The van der Waals surface area contributed by atoms with Crippen LogP contribution in [-0.4, -0.2) is 30.6 Å². The highest BCUT2D eigenvalue weighted by Crippen LogP contribution is 2.55. The molecule has 4 aliphatic heterocycles. The molecule has 0 amide bonds.